The van der Waals surface area contributed by atoms with Crippen LogP contribution in [0.25, 0.3) is 0 Å². The Balaban J connectivity index is 1.68. The van der Waals surface area contributed by atoms with Crippen molar-refractivity contribution in [3.63, 3.8) is 0 Å². The zero-order chi connectivity index (χ0) is 20.3. The van der Waals surface area contributed by atoms with Crippen molar-refractivity contribution >= 4 is 21.8 Å². The topological polar surface area (TPSA) is 99.5 Å². The number of alkyl halides is 1. The van der Waals surface area contributed by atoms with Crippen LogP contribution >= 0.6 is 0 Å². The minimum absolute atomic E-state index is 0.0490. The van der Waals surface area contributed by atoms with Gasteiger partial charge in [0.15, 0.2) is 0 Å². The van der Waals surface area contributed by atoms with Crippen LogP contribution in [0.15, 0.2) is 18.2 Å². The van der Waals surface area contributed by atoms with Gasteiger partial charge in [-0.1, -0.05) is 0 Å². The van der Waals surface area contributed by atoms with E-state index in [1.54, 1.807) is 13.0 Å². The highest BCUT2D eigenvalue weighted by Gasteiger charge is 2.70. The maximum atomic E-state index is 13.5. The van der Waals surface area contributed by atoms with Crippen LogP contribution in [0.1, 0.15) is 30.9 Å². The summed E-state index contributed by atoms with van der Waals surface area (Å²) in [5.74, 6) is -0.144. The van der Waals surface area contributed by atoms with E-state index in [-0.39, 0.29) is 41.5 Å². The number of hydrogen-bond donors (Lipinski definition) is 1. The van der Waals surface area contributed by atoms with Crippen molar-refractivity contribution in [1.29, 1.82) is 5.26 Å². The molecule has 9 heteroatoms. The van der Waals surface area contributed by atoms with Crippen LogP contribution in [-0.2, 0) is 21.4 Å². The number of methoxy groups -OCH3 is 1. The monoisotopic (exact) mass is 407 g/mol. The number of halogens is 1. The molecule has 0 radical (unpaired) electrons. The maximum Gasteiger partial charge on any atom is 0.407 e. The number of fused-ring (bicyclic) bond motifs is 5. The Morgan fingerprint density at radius 3 is 2.86 bits per heavy atom. The Kier molecular flexibility index (Phi) is 4.30. The zero-order valence-corrected chi connectivity index (χ0v) is 16.5. The van der Waals surface area contributed by atoms with Crippen LogP contribution in [0.3, 0.4) is 0 Å². The summed E-state index contributed by atoms with van der Waals surface area (Å²) in [7, 11) is -2.36. The zero-order valence-electron chi connectivity index (χ0n) is 15.7. The van der Waals surface area contributed by atoms with Gasteiger partial charge in [-0.3, -0.25) is 4.31 Å². The summed E-state index contributed by atoms with van der Waals surface area (Å²) in [6, 6.07) is 6.30. The number of carbonyl (C=O) groups excluding carboxylic acids is 1. The molecule has 1 heterocycles. The summed E-state index contributed by atoms with van der Waals surface area (Å²) >= 11 is 0. The summed E-state index contributed by atoms with van der Waals surface area (Å²) in [4.78, 5) is 11.6. The number of rotatable bonds is 3. The molecule has 1 aromatic rings. The molecule has 1 aromatic carbocycles. The van der Waals surface area contributed by atoms with E-state index in [2.05, 4.69) is 5.32 Å². The van der Waals surface area contributed by atoms with E-state index in [9.17, 15) is 17.6 Å². The van der Waals surface area contributed by atoms with Gasteiger partial charge in [-0.2, -0.15) is 5.26 Å². The third-order valence-electron chi connectivity index (χ3n) is 7.01. The minimum atomic E-state index is -3.67. The first-order valence-electron chi connectivity index (χ1n) is 9.23. The van der Waals surface area contributed by atoms with Crippen molar-refractivity contribution in [2.24, 2.45) is 17.8 Å². The van der Waals surface area contributed by atoms with Crippen LogP contribution in [0.4, 0.5) is 14.9 Å². The van der Waals surface area contributed by atoms with E-state index in [0.29, 0.717) is 12.1 Å². The number of hydrogen-bond acceptors (Lipinski definition) is 5. The van der Waals surface area contributed by atoms with Gasteiger partial charge < -0.3 is 10.1 Å². The maximum absolute atomic E-state index is 13.5. The molecule has 1 saturated heterocycles. The molecular weight excluding hydrogens is 385 g/mol. The van der Waals surface area contributed by atoms with Crippen LogP contribution in [0, 0.1) is 29.1 Å². The van der Waals surface area contributed by atoms with Crippen molar-refractivity contribution in [3.8, 4) is 6.07 Å². The fourth-order valence-electron chi connectivity index (χ4n) is 5.52. The lowest BCUT2D eigenvalue weighted by atomic mass is 9.77. The average Bonchev–Trinajstić information content (AvgIpc) is 3.28. The van der Waals surface area contributed by atoms with Gasteiger partial charge in [-0.05, 0) is 49.8 Å². The van der Waals surface area contributed by atoms with Gasteiger partial charge in [0.05, 0.1) is 29.2 Å². The van der Waals surface area contributed by atoms with Crippen LogP contribution in [-0.4, -0.2) is 39.0 Å². The number of anilines is 1. The van der Waals surface area contributed by atoms with E-state index in [0.717, 1.165) is 6.42 Å². The number of nitrogens with zero attached hydrogens (tertiary/aromatic N) is 2. The first-order valence-corrected chi connectivity index (χ1v) is 10.7. The highest BCUT2D eigenvalue weighted by atomic mass is 32.2. The molecule has 4 rings (SSSR count). The third-order valence-corrected chi connectivity index (χ3v) is 9.70. The first kappa shape index (κ1) is 19.0. The number of nitriles is 1. The quantitative estimate of drug-likeness (QED) is 0.829. The van der Waals surface area contributed by atoms with Crippen molar-refractivity contribution < 1.29 is 22.3 Å². The number of sulfonamides is 1. The highest BCUT2D eigenvalue weighted by Crippen LogP contribution is 2.62. The van der Waals surface area contributed by atoms with E-state index in [1.807, 2.05) is 6.07 Å². The van der Waals surface area contributed by atoms with Gasteiger partial charge in [0.25, 0.3) is 0 Å². The SMILES string of the molecule is COC(=O)N[C@@H]1C[C@@H]2C[C@H]1[C@@H]1CN(c3ccc(C#N)c(CF)c3)S(=O)(=O)[C@]21C. The number of alkyl carbamates (subject to hydrolysis) is 1. The summed E-state index contributed by atoms with van der Waals surface area (Å²) in [6.45, 7) is 1.25. The number of amides is 1. The van der Waals surface area contributed by atoms with Gasteiger partial charge in [0.2, 0.25) is 10.0 Å². The van der Waals surface area contributed by atoms with Crippen molar-refractivity contribution in [1.82, 2.24) is 5.32 Å². The highest BCUT2D eigenvalue weighted by molar-refractivity contribution is 7.94. The van der Waals surface area contributed by atoms with E-state index >= 15 is 0 Å². The predicted molar refractivity (Wildman–Crippen MR) is 99.7 cm³/mol. The average molecular weight is 407 g/mol. The minimum Gasteiger partial charge on any atom is -0.453 e. The molecule has 7 nitrogen and oxygen atoms in total. The molecular formula is C19H22FN3O4S. The lowest BCUT2D eigenvalue weighted by Crippen LogP contribution is -2.51. The lowest BCUT2D eigenvalue weighted by Gasteiger charge is -2.37. The molecule has 2 aliphatic carbocycles. The molecule has 0 spiro atoms. The normalized spacial score (nSPS) is 34.7. The Morgan fingerprint density at radius 1 is 1.46 bits per heavy atom. The predicted octanol–water partition coefficient (Wildman–Crippen LogP) is 2.32. The molecule has 1 amide bonds. The van der Waals surface area contributed by atoms with Gasteiger partial charge in [-0.15, -0.1) is 0 Å². The molecule has 1 N–H and O–H groups in total. The fraction of sp³-hybridized carbons (Fsp3) is 0.579. The van der Waals surface area contributed by atoms with Gasteiger partial charge >= 0.3 is 6.09 Å². The molecule has 0 aromatic heterocycles. The number of nitrogens with one attached hydrogen (secondary N) is 1. The van der Waals surface area contributed by atoms with Gasteiger partial charge in [0.1, 0.15) is 6.67 Å². The van der Waals surface area contributed by atoms with Crippen LogP contribution in [0.5, 0.6) is 0 Å². The summed E-state index contributed by atoms with van der Waals surface area (Å²) in [5, 5.41) is 11.9. The Hall–Kier alpha value is -2.34. The molecule has 150 valence electrons. The second-order valence-electron chi connectivity index (χ2n) is 7.99. The lowest BCUT2D eigenvalue weighted by molar-refractivity contribution is 0.153. The first-order chi connectivity index (χ1) is 13.3. The molecule has 28 heavy (non-hydrogen) atoms. The molecule has 5 atom stereocenters. The number of ether oxygens (including phenoxy) is 1. The molecule has 1 aliphatic heterocycles. The number of benzene rings is 1. The van der Waals surface area contributed by atoms with Crippen molar-refractivity contribution in [2.45, 2.75) is 37.2 Å². The Bertz CT molecular complexity index is 976. The second-order valence-corrected chi connectivity index (χ2v) is 10.3. The van der Waals surface area contributed by atoms with E-state index in [1.165, 1.54) is 23.5 Å². The van der Waals surface area contributed by atoms with Crippen LogP contribution < -0.4 is 9.62 Å². The molecule has 3 fully saturated rings. The largest absolute Gasteiger partial charge is 0.453 e. The third kappa shape index (κ3) is 2.37. The summed E-state index contributed by atoms with van der Waals surface area (Å²) in [5.41, 5.74) is 0.779. The van der Waals surface area contributed by atoms with E-state index in [4.69, 9.17) is 10.00 Å². The fourth-order valence-corrected chi connectivity index (χ4v) is 7.99. The summed E-state index contributed by atoms with van der Waals surface area (Å²) in [6.07, 6.45) is 0.853. The number of carbonyl (C=O) groups is 1. The van der Waals surface area contributed by atoms with Crippen LogP contribution in [0.2, 0.25) is 0 Å². The second kappa shape index (κ2) is 6.34. The standard InChI is InChI=1S/C19H22FN3O4S/c1-19-13-6-15(17(7-13)22-18(24)27-2)16(19)10-23(28(19,25)26)14-4-3-11(9-21)12(5-14)8-20/h3-5,13,15-17H,6-8,10H2,1-2H3,(H,22,24)/t13-,15-,16-,17+,19+/m0/s1. The smallest absolute Gasteiger partial charge is 0.407 e. The molecule has 0 unspecified atom stereocenters. The summed E-state index contributed by atoms with van der Waals surface area (Å²) < 4.78 is 45.4. The molecule has 2 bridgehead atoms. The van der Waals surface area contributed by atoms with Crippen molar-refractivity contribution in [3.05, 3.63) is 29.3 Å². The molecule has 3 aliphatic rings. The van der Waals surface area contributed by atoms with Crippen molar-refractivity contribution in [2.75, 3.05) is 18.0 Å². The van der Waals surface area contributed by atoms with E-state index < -0.39 is 27.5 Å². The van der Waals surface area contributed by atoms with Gasteiger partial charge in [-0.25, -0.2) is 17.6 Å². The Morgan fingerprint density at radius 2 is 2.21 bits per heavy atom. The van der Waals surface area contributed by atoms with Gasteiger partial charge in [0, 0.05) is 24.1 Å². The molecule has 2 saturated carbocycles. The Labute approximate surface area is 163 Å².